The molecule has 0 saturated heterocycles. The van der Waals surface area contributed by atoms with Gasteiger partial charge in [-0.15, -0.1) is 0 Å². The normalized spacial score (nSPS) is 26.8. The van der Waals surface area contributed by atoms with Gasteiger partial charge < -0.3 is 5.11 Å². The van der Waals surface area contributed by atoms with Crippen LogP contribution in [0.25, 0.3) is 0 Å². The monoisotopic (exact) mass is 240 g/mol. The first-order chi connectivity index (χ1) is 8.09. The molecule has 0 amide bonds. The van der Waals surface area contributed by atoms with Crippen molar-refractivity contribution in [2.24, 2.45) is 11.8 Å². The van der Waals surface area contributed by atoms with Gasteiger partial charge >= 0.3 is 0 Å². The third-order valence-electron chi connectivity index (χ3n) is 3.72. The van der Waals surface area contributed by atoms with Crippen molar-refractivity contribution in [2.45, 2.75) is 38.7 Å². The minimum absolute atomic E-state index is 0.0230. The van der Waals surface area contributed by atoms with Crippen LogP contribution >= 0.6 is 0 Å². The van der Waals surface area contributed by atoms with E-state index in [1.165, 1.54) is 18.2 Å². The fourth-order valence-electron chi connectivity index (χ4n) is 2.80. The molecule has 0 spiro atoms. The van der Waals surface area contributed by atoms with Crippen molar-refractivity contribution in [1.82, 2.24) is 0 Å². The van der Waals surface area contributed by atoms with Gasteiger partial charge in [0.25, 0.3) is 0 Å². The van der Waals surface area contributed by atoms with Gasteiger partial charge in [-0.2, -0.15) is 0 Å². The van der Waals surface area contributed by atoms with Gasteiger partial charge in [-0.3, -0.25) is 0 Å². The first-order valence-corrected chi connectivity index (χ1v) is 6.21. The zero-order valence-corrected chi connectivity index (χ0v) is 10.00. The van der Waals surface area contributed by atoms with Gasteiger partial charge in [0.15, 0.2) is 0 Å². The van der Waals surface area contributed by atoms with Gasteiger partial charge in [0, 0.05) is 0 Å². The lowest BCUT2D eigenvalue weighted by molar-refractivity contribution is 0.0654. The highest BCUT2D eigenvalue weighted by Gasteiger charge is 2.29. The molecule has 94 valence electrons. The highest BCUT2D eigenvalue weighted by molar-refractivity contribution is 5.22. The molecule has 1 aliphatic rings. The Kier molecular flexibility index (Phi) is 3.77. The van der Waals surface area contributed by atoms with Gasteiger partial charge in [0.05, 0.1) is 11.7 Å². The Labute approximate surface area is 100 Å². The number of aliphatic hydroxyl groups excluding tert-OH is 1. The SMILES string of the molecule is CC1CCCC(C(O)c2c(F)cccc2F)C1. The molecule has 1 aliphatic carbocycles. The first-order valence-electron chi connectivity index (χ1n) is 6.21. The molecule has 1 aromatic rings. The molecular weight excluding hydrogens is 222 g/mol. The van der Waals surface area contributed by atoms with Crippen molar-refractivity contribution in [3.63, 3.8) is 0 Å². The molecule has 2 rings (SSSR count). The molecule has 0 aromatic heterocycles. The van der Waals surface area contributed by atoms with E-state index in [0.717, 1.165) is 25.7 Å². The van der Waals surface area contributed by atoms with Gasteiger partial charge in [0.1, 0.15) is 11.6 Å². The predicted octanol–water partition coefficient (Wildman–Crippen LogP) is 3.82. The first kappa shape index (κ1) is 12.5. The van der Waals surface area contributed by atoms with E-state index in [1.54, 1.807) is 0 Å². The van der Waals surface area contributed by atoms with E-state index in [2.05, 4.69) is 6.92 Å². The Morgan fingerprint density at radius 2 is 1.88 bits per heavy atom. The van der Waals surface area contributed by atoms with E-state index in [4.69, 9.17) is 0 Å². The van der Waals surface area contributed by atoms with E-state index >= 15 is 0 Å². The zero-order chi connectivity index (χ0) is 12.4. The van der Waals surface area contributed by atoms with E-state index in [-0.39, 0.29) is 11.5 Å². The summed E-state index contributed by atoms with van der Waals surface area (Å²) >= 11 is 0. The Bertz CT molecular complexity index is 372. The van der Waals surface area contributed by atoms with Crippen LogP contribution in [0.5, 0.6) is 0 Å². The standard InChI is InChI=1S/C14H18F2O/c1-9-4-2-5-10(8-9)14(17)13-11(15)6-3-7-12(13)16/h3,6-7,9-10,14,17H,2,4-5,8H2,1H3. The van der Waals surface area contributed by atoms with Crippen LogP contribution in [-0.2, 0) is 0 Å². The highest BCUT2D eigenvalue weighted by Crippen LogP contribution is 2.38. The molecule has 1 nitrogen and oxygen atoms in total. The molecule has 1 aromatic carbocycles. The van der Waals surface area contributed by atoms with Crippen LogP contribution in [0.4, 0.5) is 8.78 Å². The number of aliphatic hydroxyl groups is 1. The van der Waals surface area contributed by atoms with Crippen LogP contribution in [-0.4, -0.2) is 5.11 Å². The largest absolute Gasteiger partial charge is 0.388 e. The second kappa shape index (κ2) is 5.13. The van der Waals surface area contributed by atoms with Crippen molar-refractivity contribution < 1.29 is 13.9 Å². The third-order valence-corrected chi connectivity index (χ3v) is 3.72. The zero-order valence-electron chi connectivity index (χ0n) is 10.00. The molecule has 3 heteroatoms. The lowest BCUT2D eigenvalue weighted by Gasteiger charge is -2.30. The second-order valence-corrected chi connectivity index (χ2v) is 5.11. The number of rotatable bonds is 2. The van der Waals surface area contributed by atoms with Crippen molar-refractivity contribution in [3.8, 4) is 0 Å². The van der Waals surface area contributed by atoms with Gasteiger partial charge in [-0.05, 0) is 36.8 Å². The summed E-state index contributed by atoms with van der Waals surface area (Å²) in [6, 6.07) is 3.73. The predicted molar refractivity (Wildman–Crippen MR) is 62.4 cm³/mol. The van der Waals surface area contributed by atoms with Crippen molar-refractivity contribution in [1.29, 1.82) is 0 Å². The number of hydrogen-bond acceptors (Lipinski definition) is 1. The molecule has 1 N–H and O–H groups in total. The van der Waals surface area contributed by atoms with E-state index < -0.39 is 17.7 Å². The number of halogens is 2. The van der Waals surface area contributed by atoms with E-state index in [9.17, 15) is 13.9 Å². The Hall–Kier alpha value is -0.960. The third kappa shape index (κ3) is 2.65. The van der Waals surface area contributed by atoms with Crippen LogP contribution in [0.3, 0.4) is 0 Å². The molecule has 3 unspecified atom stereocenters. The summed E-state index contributed by atoms with van der Waals surface area (Å²) in [4.78, 5) is 0. The molecule has 1 saturated carbocycles. The van der Waals surface area contributed by atoms with E-state index in [1.807, 2.05) is 0 Å². The summed E-state index contributed by atoms with van der Waals surface area (Å²) in [6.45, 7) is 2.12. The Morgan fingerprint density at radius 3 is 2.47 bits per heavy atom. The fraction of sp³-hybridized carbons (Fsp3) is 0.571. The Morgan fingerprint density at radius 1 is 1.24 bits per heavy atom. The average molecular weight is 240 g/mol. The quantitative estimate of drug-likeness (QED) is 0.833. The summed E-state index contributed by atoms with van der Waals surface area (Å²) in [6.07, 6.45) is 2.84. The van der Waals surface area contributed by atoms with Crippen molar-refractivity contribution in [2.75, 3.05) is 0 Å². The topological polar surface area (TPSA) is 20.2 Å². The minimum atomic E-state index is -1.01. The lowest BCUT2D eigenvalue weighted by Crippen LogP contribution is -2.21. The van der Waals surface area contributed by atoms with Crippen molar-refractivity contribution >= 4 is 0 Å². The smallest absolute Gasteiger partial charge is 0.131 e. The summed E-state index contributed by atoms with van der Waals surface area (Å²) in [5.74, 6) is -0.783. The maximum atomic E-state index is 13.6. The van der Waals surface area contributed by atoms with Crippen LogP contribution in [0.15, 0.2) is 18.2 Å². The molecule has 17 heavy (non-hydrogen) atoms. The van der Waals surface area contributed by atoms with E-state index in [0.29, 0.717) is 5.92 Å². The summed E-state index contributed by atoms with van der Waals surface area (Å²) in [5, 5.41) is 10.1. The molecule has 0 heterocycles. The molecule has 0 radical (unpaired) electrons. The maximum Gasteiger partial charge on any atom is 0.131 e. The summed E-state index contributed by atoms with van der Waals surface area (Å²) in [5.41, 5.74) is -0.161. The number of benzene rings is 1. The summed E-state index contributed by atoms with van der Waals surface area (Å²) in [7, 11) is 0. The molecule has 0 bridgehead atoms. The fourth-order valence-corrected chi connectivity index (χ4v) is 2.80. The van der Waals surface area contributed by atoms with Crippen LogP contribution in [0.2, 0.25) is 0 Å². The van der Waals surface area contributed by atoms with Crippen LogP contribution < -0.4 is 0 Å². The molecular formula is C14H18F2O. The molecule has 1 fully saturated rings. The van der Waals surface area contributed by atoms with Gasteiger partial charge in [0.2, 0.25) is 0 Å². The highest BCUT2D eigenvalue weighted by atomic mass is 19.1. The number of hydrogen-bond donors (Lipinski definition) is 1. The average Bonchev–Trinajstić information content (AvgIpc) is 2.28. The minimum Gasteiger partial charge on any atom is -0.388 e. The molecule has 0 aliphatic heterocycles. The maximum absolute atomic E-state index is 13.6. The summed E-state index contributed by atoms with van der Waals surface area (Å²) < 4.78 is 27.1. The van der Waals surface area contributed by atoms with Gasteiger partial charge in [-0.25, -0.2) is 8.78 Å². The van der Waals surface area contributed by atoms with Crippen LogP contribution in [0, 0.1) is 23.5 Å². The van der Waals surface area contributed by atoms with Gasteiger partial charge in [-0.1, -0.05) is 25.8 Å². The Balaban J connectivity index is 2.21. The van der Waals surface area contributed by atoms with Crippen LogP contribution in [0.1, 0.15) is 44.3 Å². The lowest BCUT2D eigenvalue weighted by atomic mass is 9.78. The second-order valence-electron chi connectivity index (χ2n) is 5.11. The van der Waals surface area contributed by atoms with Crippen molar-refractivity contribution in [3.05, 3.63) is 35.4 Å². The molecule has 3 atom stereocenters.